The minimum atomic E-state index is 1.20. The second-order valence-electron chi connectivity index (χ2n) is 3.73. The lowest BCUT2D eigenvalue weighted by molar-refractivity contribution is 0.727. The molecule has 0 amide bonds. The topological polar surface area (TPSA) is 0 Å². The van der Waals surface area contributed by atoms with E-state index in [1.807, 2.05) is 0 Å². The van der Waals surface area contributed by atoms with Gasteiger partial charge in [-0.1, -0.05) is 32.4 Å². The SMILES string of the molecule is C=C=C1CCC/C1=C\CCCCC. The summed E-state index contributed by atoms with van der Waals surface area (Å²) in [5.74, 6) is 0. The maximum atomic E-state index is 3.73. The molecule has 1 fully saturated rings. The number of rotatable bonds is 4. The second kappa shape index (κ2) is 5.83. The highest BCUT2D eigenvalue weighted by Crippen LogP contribution is 2.29. The molecule has 0 N–H and O–H groups in total. The van der Waals surface area contributed by atoms with Gasteiger partial charge in [-0.15, -0.1) is 5.73 Å². The van der Waals surface area contributed by atoms with Gasteiger partial charge in [0.15, 0.2) is 0 Å². The first-order chi connectivity index (χ1) is 6.38. The summed E-state index contributed by atoms with van der Waals surface area (Å²) < 4.78 is 0. The molecule has 0 unspecified atom stereocenters. The molecule has 0 radical (unpaired) electrons. The van der Waals surface area contributed by atoms with Gasteiger partial charge < -0.3 is 0 Å². The van der Waals surface area contributed by atoms with Gasteiger partial charge in [-0.3, -0.25) is 0 Å². The molecule has 0 aromatic carbocycles. The lowest BCUT2D eigenvalue weighted by Crippen LogP contribution is -1.78. The lowest BCUT2D eigenvalue weighted by atomic mass is 10.1. The van der Waals surface area contributed by atoms with Crippen molar-refractivity contribution in [3.8, 4) is 0 Å². The van der Waals surface area contributed by atoms with E-state index < -0.39 is 0 Å². The van der Waals surface area contributed by atoms with Gasteiger partial charge in [-0.25, -0.2) is 0 Å². The first kappa shape index (κ1) is 10.3. The Morgan fingerprint density at radius 3 is 2.92 bits per heavy atom. The Labute approximate surface area is 82.0 Å². The van der Waals surface area contributed by atoms with Crippen molar-refractivity contribution in [3.63, 3.8) is 0 Å². The summed E-state index contributed by atoms with van der Waals surface area (Å²) in [4.78, 5) is 0. The summed E-state index contributed by atoms with van der Waals surface area (Å²) in [6.45, 7) is 5.98. The fourth-order valence-electron chi connectivity index (χ4n) is 1.86. The largest absolute Gasteiger partial charge is 0.125 e. The van der Waals surface area contributed by atoms with Gasteiger partial charge in [-0.05, 0) is 43.3 Å². The fraction of sp³-hybridized carbons (Fsp3) is 0.615. The van der Waals surface area contributed by atoms with Crippen LogP contribution in [0, 0.1) is 0 Å². The number of allylic oxidation sites excluding steroid dienone is 3. The maximum Gasteiger partial charge on any atom is -0.00376 e. The molecule has 0 bridgehead atoms. The smallest absolute Gasteiger partial charge is 0.00376 e. The molecule has 0 heteroatoms. The zero-order valence-corrected chi connectivity index (χ0v) is 8.73. The molecule has 0 spiro atoms. The van der Waals surface area contributed by atoms with E-state index >= 15 is 0 Å². The van der Waals surface area contributed by atoms with E-state index in [9.17, 15) is 0 Å². The van der Waals surface area contributed by atoms with E-state index in [2.05, 4.69) is 25.3 Å². The Morgan fingerprint density at radius 2 is 2.23 bits per heavy atom. The molecule has 0 saturated heterocycles. The molecule has 1 rings (SSSR count). The van der Waals surface area contributed by atoms with Gasteiger partial charge in [0.1, 0.15) is 0 Å². The van der Waals surface area contributed by atoms with Crippen LogP contribution in [0.4, 0.5) is 0 Å². The Kier molecular flexibility index (Phi) is 4.64. The molecule has 0 aliphatic heterocycles. The third-order valence-electron chi connectivity index (χ3n) is 2.67. The van der Waals surface area contributed by atoms with E-state index in [-0.39, 0.29) is 0 Å². The van der Waals surface area contributed by atoms with Crippen LogP contribution in [0.2, 0.25) is 0 Å². The van der Waals surface area contributed by atoms with Crippen LogP contribution in [0.5, 0.6) is 0 Å². The predicted molar refractivity (Wildman–Crippen MR) is 58.7 cm³/mol. The Bertz CT molecular complexity index is 226. The standard InChI is InChI=1S/C13H20/c1-3-5-6-7-9-13-11-8-10-12(13)4-2/h9H,2-3,5-8,10-11H2,1H3/b13-9+. The fourth-order valence-corrected chi connectivity index (χ4v) is 1.86. The molecule has 0 atom stereocenters. The van der Waals surface area contributed by atoms with Crippen LogP contribution in [-0.4, -0.2) is 0 Å². The normalized spacial score (nSPS) is 19.5. The second-order valence-corrected chi connectivity index (χ2v) is 3.73. The van der Waals surface area contributed by atoms with Crippen molar-refractivity contribution < 1.29 is 0 Å². The van der Waals surface area contributed by atoms with Crippen LogP contribution >= 0.6 is 0 Å². The van der Waals surface area contributed by atoms with E-state index in [1.165, 1.54) is 56.1 Å². The Balaban J connectivity index is 2.37. The zero-order chi connectivity index (χ0) is 9.52. The molecular weight excluding hydrogens is 156 g/mol. The molecule has 0 heterocycles. The van der Waals surface area contributed by atoms with Gasteiger partial charge in [0.2, 0.25) is 0 Å². The van der Waals surface area contributed by atoms with Crippen LogP contribution in [0.25, 0.3) is 0 Å². The van der Waals surface area contributed by atoms with E-state index in [0.717, 1.165) is 0 Å². The molecule has 1 aliphatic carbocycles. The third kappa shape index (κ3) is 3.24. The van der Waals surface area contributed by atoms with Crippen LogP contribution in [0.15, 0.2) is 29.5 Å². The predicted octanol–water partition coefficient (Wildman–Crippen LogP) is 4.39. The molecule has 0 aromatic heterocycles. The van der Waals surface area contributed by atoms with Crippen molar-refractivity contribution in [1.82, 2.24) is 0 Å². The summed E-state index contributed by atoms with van der Waals surface area (Å²) >= 11 is 0. The molecule has 1 saturated carbocycles. The van der Waals surface area contributed by atoms with Crippen molar-refractivity contribution in [2.24, 2.45) is 0 Å². The quantitative estimate of drug-likeness (QED) is 0.440. The lowest BCUT2D eigenvalue weighted by Gasteiger charge is -1.97. The molecule has 13 heavy (non-hydrogen) atoms. The van der Waals surface area contributed by atoms with Gasteiger partial charge in [0, 0.05) is 0 Å². The number of hydrogen-bond acceptors (Lipinski definition) is 0. The maximum absolute atomic E-state index is 3.73. The van der Waals surface area contributed by atoms with Crippen LogP contribution in [0.1, 0.15) is 51.9 Å². The Hall–Kier alpha value is -0.740. The van der Waals surface area contributed by atoms with Crippen LogP contribution in [-0.2, 0) is 0 Å². The number of hydrogen-bond donors (Lipinski definition) is 0. The van der Waals surface area contributed by atoms with Crippen molar-refractivity contribution in [2.45, 2.75) is 51.9 Å². The van der Waals surface area contributed by atoms with E-state index in [1.54, 1.807) is 0 Å². The summed E-state index contributed by atoms with van der Waals surface area (Å²) in [5, 5.41) is 0. The number of unbranched alkanes of at least 4 members (excludes halogenated alkanes) is 3. The van der Waals surface area contributed by atoms with Crippen molar-refractivity contribution in [1.29, 1.82) is 0 Å². The van der Waals surface area contributed by atoms with Crippen LogP contribution < -0.4 is 0 Å². The average Bonchev–Trinajstić information content (AvgIpc) is 2.60. The summed E-state index contributed by atoms with van der Waals surface area (Å²) in [5.41, 5.74) is 5.94. The summed E-state index contributed by atoms with van der Waals surface area (Å²) in [7, 11) is 0. The van der Waals surface area contributed by atoms with Crippen LogP contribution in [0.3, 0.4) is 0 Å². The molecule has 0 nitrogen and oxygen atoms in total. The summed E-state index contributed by atoms with van der Waals surface area (Å²) in [6, 6.07) is 0. The minimum absolute atomic E-state index is 1.20. The molecule has 0 aromatic rings. The van der Waals surface area contributed by atoms with E-state index in [0.29, 0.717) is 0 Å². The highest BCUT2D eigenvalue weighted by atomic mass is 14.2. The molecule has 1 aliphatic rings. The third-order valence-corrected chi connectivity index (χ3v) is 2.67. The van der Waals surface area contributed by atoms with Gasteiger partial charge in [0.25, 0.3) is 0 Å². The highest BCUT2D eigenvalue weighted by Gasteiger charge is 2.11. The van der Waals surface area contributed by atoms with Crippen molar-refractivity contribution in [3.05, 3.63) is 29.5 Å². The first-order valence-electron chi connectivity index (χ1n) is 5.46. The van der Waals surface area contributed by atoms with Gasteiger partial charge >= 0.3 is 0 Å². The molecule has 72 valence electrons. The minimum Gasteiger partial charge on any atom is -0.125 e. The monoisotopic (exact) mass is 176 g/mol. The first-order valence-corrected chi connectivity index (χ1v) is 5.46. The van der Waals surface area contributed by atoms with E-state index in [4.69, 9.17) is 0 Å². The Morgan fingerprint density at radius 1 is 1.38 bits per heavy atom. The molecular formula is C13H20. The van der Waals surface area contributed by atoms with Crippen molar-refractivity contribution >= 4 is 0 Å². The van der Waals surface area contributed by atoms with Crippen molar-refractivity contribution in [2.75, 3.05) is 0 Å². The highest BCUT2D eigenvalue weighted by molar-refractivity contribution is 5.33. The van der Waals surface area contributed by atoms with Gasteiger partial charge in [0.05, 0.1) is 0 Å². The van der Waals surface area contributed by atoms with Gasteiger partial charge in [-0.2, -0.15) is 0 Å². The summed E-state index contributed by atoms with van der Waals surface area (Å²) in [6.07, 6.45) is 11.4. The average molecular weight is 176 g/mol. The zero-order valence-electron chi connectivity index (χ0n) is 8.73.